The van der Waals surface area contributed by atoms with Crippen molar-refractivity contribution in [2.24, 2.45) is 5.92 Å². The number of aryl methyl sites for hydroxylation is 1. The molecule has 0 aliphatic heterocycles. The molecule has 122 valence electrons. The van der Waals surface area contributed by atoms with Crippen LogP contribution in [0, 0.1) is 12.8 Å². The van der Waals surface area contributed by atoms with Crippen LogP contribution in [-0.2, 0) is 20.2 Å². The first-order valence-corrected chi connectivity index (χ1v) is 9.14. The molecule has 0 saturated heterocycles. The van der Waals surface area contributed by atoms with Crippen molar-refractivity contribution in [3.8, 4) is 0 Å². The number of hydrogen-bond acceptors (Lipinski definition) is 3. The van der Waals surface area contributed by atoms with Gasteiger partial charge < -0.3 is 0 Å². The van der Waals surface area contributed by atoms with Crippen LogP contribution in [0.4, 0.5) is 0 Å². The zero-order chi connectivity index (χ0) is 16.9. The van der Waals surface area contributed by atoms with Gasteiger partial charge in [-0.1, -0.05) is 32.9 Å². The summed E-state index contributed by atoms with van der Waals surface area (Å²) in [5.74, 6) is -1.35. The van der Waals surface area contributed by atoms with Crippen LogP contribution in [0.2, 0.25) is 0 Å². The maximum Gasteiger partial charge on any atom is 0.264 e. The quantitative estimate of drug-likeness (QED) is 0.838. The van der Waals surface area contributed by atoms with Crippen LogP contribution in [-0.4, -0.2) is 18.7 Å². The minimum absolute atomic E-state index is 0.101. The molecule has 22 heavy (non-hydrogen) atoms. The Labute approximate surface area is 141 Å². The average molecular weight is 364 g/mol. The van der Waals surface area contributed by atoms with Gasteiger partial charge in [-0.2, -0.15) is 0 Å². The highest BCUT2D eigenvalue weighted by atomic mass is 35.5. The van der Waals surface area contributed by atoms with Gasteiger partial charge in [-0.05, 0) is 36.0 Å². The van der Waals surface area contributed by atoms with E-state index >= 15 is 0 Å². The van der Waals surface area contributed by atoms with E-state index in [0.29, 0.717) is 5.56 Å². The van der Waals surface area contributed by atoms with Gasteiger partial charge in [0.2, 0.25) is 5.91 Å². The fourth-order valence-electron chi connectivity index (χ4n) is 2.11. The molecule has 0 radical (unpaired) electrons. The van der Waals surface area contributed by atoms with E-state index in [1.807, 2.05) is 26.8 Å². The lowest BCUT2D eigenvalue weighted by Gasteiger charge is -2.20. The molecule has 1 saturated carbocycles. The smallest absolute Gasteiger partial charge is 0.264 e. The Hall–Kier alpha value is -0.780. The Morgan fingerprint density at radius 2 is 1.86 bits per heavy atom. The maximum atomic E-state index is 12.5. The normalized spacial score (nSPS) is 20.5. The largest absolute Gasteiger partial charge is 0.274 e. The van der Waals surface area contributed by atoms with Crippen LogP contribution in [0.15, 0.2) is 23.1 Å². The molecule has 7 heteroatoms. The Kier molecular flexibility index (Phi) is 4.31. The summed E-state index contributed by atoms with van der Waals surface area (Å²) >= 11 is 11.6. The molecule has 4 nitrogen and oxygen atoms in total. The fourth-order valence-corrected chi connectivity index (χ4v) is 3.91. The van der Waals surface area contributed by atoms with Crippen molar-refractivity contribution in [1.29, 1.82) is 0 Å². The number of rotatable bonds is 3. The van der Waals surface area contributed by atoms with Gasteiger partial charge in [0.15, 0.2) is 0 Å². The van der Waals surface area contributed by atoms with Crippen molar-refractivity contribution >= 4 is 39.1 Å². The molecular formula is C15H19Cl2NO3S. The second-order valence-electron chi connectivity index (χ2n) is 6.72. The molecule has 1 aliphatic rings. The van der Waals surface area contributed by atoms with Crippen molar-refractivity contribution in [3.05, 3.63) is 29.3 Å². The van der Waals surface area contributed by atoms with Gasteiger partial charge in [0, 0.05) is 0 Å². The number of sulfonamides is 1. The lowest BCUT2D eigenvalue weighted by molar-refractivity contribution is -0.120. The Morgan fingerprint density at radius 1 is 1.32 bits per heavy atom. The predicted molar refractivity (Wildman–Crippen MR) is 87.8 cm³/mol. The van der Waals surface area contributed by atoms with Gasteiger partial charge >= 0.3 is 0 Å². The van der Waals surface area contributed by atoms with Gasteiger partial charge in [0.1, 0.15) is 4.33 Å². The van der Waals surface area contributed by atoms with Gasteiger partial charge in [0.25, 0.3) is 10.0 Å². The molecule has 0 bridgehead atoms. The van der Waals surface area contributed by atoms with Crippen molar-refractivity contribution < 1.29 is 13.2 Å². The van der Waals surface area contributed by atoms with E-state index in [0.717, 1.165) is 5.56 Å². The van der Waals surface area contributed by atoms with E-state index in [1.54, 1.807) is 19.1 Å². The van der Waals surface area contributed by atoms with Crippen LogP contribution in [0.1, 0.15) is 38.3 Å². The number of amides is 1. The third kappa shape index (κ3) is 3.58. The third-order valence-corrected chi connectivity index (χ3v) is 6.05. The SMILES string of the molecule is Cc1ccc(C(C)(C)C)cc1S(=O)(=O)NC(=O)C1CC1(Cl)Cl. The molecule has 1 N–H and O–H groups in total. The highest BCUT2D eigenvalue weighted by Crippen LogP contribution is 2.53. The summed E-state index contributed by atoms with van der Waals surface area (Å²) < 4.78 is 25.9. The second-order valence-corrected chi connectivity index (χ2v) is 9.91. The number of halogens is 2. The summed E-state index contributed by atoms with van der Waals surface area (Å²) in [6.07, 6.45) is 0.262. The number of carbonyl (C=O) groups excluding carboxylic acids is 1. The van der Waals surface area contributed by atoms with Crippen LogP contribution in [0.25, 0.3) is 0 Å². The molecular weight excluding hydrogens is 345 g/mol. The van der Waals surface area contributed by atoms with Crippen LogP contribution < -0.4 is 4.72 Å². The molecule has 0 spiro atoms. The Bertz CT molecular complexity index is 721. The highest BCUT2D eigenvalue weighted by molar-refractivity contribution is 7.90. The number of alkyl halides is 2. The topological polar surface area (TPSA) is 63.2 Å². The monoisotopic (exact) mass is 363 g/mol. The standard InChI is InChI=1S/C15H19Cl2NO3S/c1-9-5-6-10(14(2,3)4)7-12(9)22(20,21)18-13(19)11-8-15(11,16)17/h5-7,11H,8H2,1-4H3,(H,18,19). The first kappa shape index (κ1) is 17.6. The van der Waals surface area contributed by atoms with Gasteiger partial charge in [-0.3, -0.25) is 4.79 Å². The van der Waals surface area contributed by atoms with E-state index in [4.69, 9.17) is 23.2 Å². The van der Waals surface area contributed by atoms with E-state index in [9.17, 15) is 13.2 Å². The van der Waals surface area contributed by atoms with E-state index in [1.165, 1.54) is 0 Å². The van der Waals surface area contributed by atoms with E-state index in [2.05, 4.69) is 4.72 Å². The minimum Gasteiger partial charge on any atom is -0.274 e. The summed E-state index contributed by atoms with van der Waals surface area (Å²) in [6.45, 7) is 7.67. The zero-order valence-corrected chi connectivity index (χ0v) is 15.2. The van der Waals surface area contributed by atoms with Crippen molar-refractivity contribution in [2.75, 3.05) is 0 Å². The summed E-state index contributed by atoms with van der Waals surface area (Å²) in [5.41, 5.74) is 1.26. The molecule has 1 aliphatic carbocycles. The van der Waals surface area contributed by atoms with Gasteiger partial charge in [0.05, 0.1) is 10.8 Å². The average Bonchev–Trinajstić information content (AvgIpc) is 2.97. The molecule has 0 aromatic heterocycles. The number of nitrogens with one attached hydrogen (secondary N) is 1. The van der Waals surface area contributed by atoms with Crippen LogP contribution in [0.5, 0.6) is 0 Å². The fraction of sp³-hybridized carbons (Fsp3) is 0.533. The maximum absolute atomic E-state index is 12.5. The third-order valence-electron chi connectivity index (χ3n) is 3.72. The van der Waals surface area contributed by atoms with Gasteiger partial charge in [-0.15, -0.1) is 23.2 Å². The molecule has 1 unspecified atom stereocenters. The zero-order valence-electron chi connectivity index (χ0n) is 12.9. The first-order valence-electron chi connectivity index (χ1n) is 6.90. The van der Waals surface area contributed by atoms with Crippen LogP contribution in [0.3, 0.4) is 0 Å². The second kappa shape index (κ2) is 5.39. The Morgan fingerprint density at radius 3 is 2.32 bits per heavy atom. The summed E-state index contributed by atoms with van der Waals surface area (Å²) in [6, 6.07) is 5.23. The minimum atomic E-state index is -3.94. The number of carbonyl (C=O) groups is 1. The summed E-state index contributed by atoms with van der Waals surface area (Å²) in [5, 5.41) is 0. The molecule has 1 aromatic carbocycles. The Balaban J connectivity index is 2.32. The lowest BCUT2D eigenvalue weighted by Crippen LogP contribution is -2.33. The summed E-state index contributed by atoms with van der Waals surface area (Å²) in [7, 11) is -3.94. The number of benzene rings is 1. The lowest BCUT2D eigenvalue weighted by atomic mass is 9.87. The molecule has 1 aromatic rings. The van der Waals surface area contributed by atoms with E-state index in [-0.39, 0.29) is 16.7 Å². The number of hydrogen-bond donors (Lipinski definition) is 1. The first-order chi connectivity index (χ1) is 9.84. The van der Waals surface area contributed by atoms with Crippen molar-refractivity contribution in [2.45, 2.75) is 48.8 Å². The van der Waals surface area contributed by atoms with E-state index < -0.39 is 26.2 Å². The highest BCUT2D eigenvalue weighted by Gasteiger charge is 2.57. The van der Waals surface area contributed by atoms with Crippen LogP contribution >= 0.6 is 23.2 Å². The predicted octanol–water partition coefficient (Wildman–Crippen LogP) is 3.29. The molecule has 1 fully saturated rings. The molecule has 2 rings (SSSR count). The van der Waals surface area contributed by atoms with Gasteiger partial charge in [-0.25, -0.2) is 13.1 Å². The summed E-state index contributed by atoms with van der Waals surface area (Å²) in [4.78, 5) is 12.0. The molecule has 1 atom stereocenters. The molecule has 1 amide bonds. The van der Waals surface area contributed by atoms with Crippen molar-refractivity contribution in [1.82, 2.24) is 4.72 Å². The molecule has 0 heterocycles. The van der Waals surface area contributed by atoms with Crippen molar-refractivity contribution in [3.63, 3.8) is 0 Å².